The van der Waals surface area contributed by atoms with E-state index < -0.39 is 17.8 Å². The molecule has 0 radical (unpaired) electrons. The monoisotopic (exact) mass is 370 g/mol. The van der Waals surface area contributed by atoms with Gasteiger partial charge < -0.3 is 10.4 Å². The molecule has 4 aliphatic rings. The Labute approximate surface area is 156 Å². The first kappa shape index (κ1) is 17.3. The number of rotatable bonds is 3. The number of aryl methyl sites for hydroxylation is 1. The zero-order chi connectivity index (χ0) is 18.3. The van der Waals surface area contributed by atoms with Gasteiger partial charge in [0.15, 0.2) is 0 Å². The number of thiophene rings is 1. The van der Waals surface area contributed by atoms with Crippen LogP contribution in [0.1, 0.15) is 48.1 Å². The molecule has 1 fully saturated rings. The molecule has 1 heterocycles. The fraction of sp³-hybridized carbons (Fsp3) is 0.550. The second-order valence-electron chi connectivity index (χ2n) is 7.55. The highest BCUT2D eigenvalue weighted by Gasteiger charge is 2.48. The van der Waals surface area contributed by atoms with Crippen molar-refractivity contribution in [1.29, 1.82) is 5.26 Å². The molecule has 2 N–H and O–H groups in total. The van der Waals surface area contributed by atoms with Crippen LogP contribution in [0.4, 0.5) is 5.00 Å². The van der Waals surface area contributed by atoms with Crippen molar-refractivity contribution in [2.24, 2.45) is 23.7 Å². The van der Waals surface area contributed by atoms with E-state index in [9.17, 15) is 20.0 Å². The molecular weight excluding hydrogens is 348 g/mol. The SMILES string of the molecule is N#Cc1c(NC(=O)[C@@H]2[C@@H](C(=O)O)[C@H]3C=C[C@H]2CC3)sc2c1CCCCC2. The van der Waals surface area contributed by atoms with Crippen molar-refractivity contribution in [2.75, 3.05) is 5.32 Å². The second kappa shape index (κ2) is 6.88. The Balaban J connectivity index is 1.62. The quantitative estimate of drug-likeness (QED) is 0.626. The first-order chi connectivity index (χ1) is 12.6. The summed E-state index contributed by atoms with van der Waals surface area (Å²) in [7, 11) is 0. The van der Waals surface area contributed by atoms with Gasteiger partial charge in [0.1, 0.15) is 11.1 Å². The summed E-state index contributed by atoms with van der Waals surface area (Å²) in [5, 5.41) is 22.8. The van der Waals surface area contributed by atoms with Crippen molar-refractivity contribution in [1.82, 2.24) is 0 Å². The Morgan fingerprint density at radius 1 is 1.12 bits per heavy atom. The number of nitrogens with zero attached hydrogens (tertiary/aromatic N) is 1. The molecule has 1 amide bonds. The summed E-state index contributed by atoms with van der Waals surface area (Å²) >= 11 is 1.50. The van der Waals surface area contributed by atoms with Crippen molar-refractivity contribution in [2.45, 2.75) is 44.9 Å². The van der Waals surface area contributed by atoms with Gasteiger partial charge in [-0.1, -0.05) is 18.6 Å². The fourth-order valence-corrected chi connectivity index (χ4v) is 6.08. The molecular formula is C20H22N2O3S. The number of hydrogen-bond acceptors (Lipinski definition) is 4. The van der Waals surface area contributed by atoms with Crippen LogP contribution in [0.5, 0.6) is 0 Å². The molecule has 0 spiro atoms. The number of anilines is 1. The van der Waals surface area contributed by atoms with Gasteiger partial charge >= 0.3 is 5.97 Å². The average Bonchev–Trinajstić information content (AvgIpc) is 2.81. The summed E-state index contributed by atoms with van der Waals surface area (Å²) in [5.41, 5.74) is 1.67. The molecule has 0 aliphatic heterocycles. The summed E-state index contributed by atoms with van der Waals surface area (Å²) in [6.45, 7) is 0. The van der Waals surface area contributed by atoms with Gasteiger partial charge in [0.05, 0.1) is 17.4 Å². The van der Waals surface area contributed by atoms with Crippen LogP contribution in [-0.2, 0) is 22.4 Å². The number of nitrogens with one attached hydrogen (secondary N) is 1. The third kappa shape index (κ3) is 2.84. The van der Waals surface area contributed by atoms with E-state index in [1.54, 1.807) is 0 Å². The van der Waals surface area contributed by atoms with E-state index in [-0.39, 0.29) is 17.7 Å². The molecule has 1 aromatic heterocycles. The third-order valence-corrected chi connectivity index (χ3v) is 7.31. The number of carbonyl (C=O) groups is 2. The van der Waals surface area contributed by atoms with Crippen molar-refractivity contribution >= 4 is 28.2 Å². The third-order valence-electron chi connectivity index (χ3n) is 6.11. The molecule has 0 saturated heterocycles. The number of hydrogen-bond donors (Lipinski definition) is 2. The minimum atomic E-state index is -0.897. The Kier molecular flexibility index (Phi) is 4.58. The lowest BCUT2D eigenvalue weighted by atomic mass is 9.62. The molecule has 0 aromatic carbocycles. The van der Waals surface area contributed by atoms with Crippen molar-refractivity contribution < 1.29 is 14.7 Å². The number of allylic oxidation sites excluding steroid dienone is 2. The second-order valence-corrected chi connectivity index (χ2v) is 8.65. The number of carboxylic acids is 1. The van der Waals surface area contributed by atoms with Crippen LogP contribution in [0.25, 0.3) is 0 Å². The van der Waals surface area contributed by atoms with Gasteiger partial charge in [-0.05, 0) is 55.9 Å². The van der Waals surface area contributed by atoms with Gasteiger partial charge in [0.2, 0.25) is 5.91 Å². The van der Waals surface area contributed by atoms with Crippen molar-refractivity contribution in [3.05, 3.63) is 28.2 Å². The fourth-order valence-electron chi connectivity index (χ4n) is 4.83. The number of carbonyl (C=O) groups excluding carboxylic acids is 1. The van der Waals surface area contributed by atoms with Crippen LogP contribution in [0.15, 0.2) is 12.2 Å². The Morgan fingerprint density at radius 3 is 2.46 bits per heavy atom. The highest BCUT2D eigenvalue weighted by molar-refractivity contribution is 7.16. The summed E-state index contributed by atoms with van der Waals surface area (Å²) < 4.78 is 0. The molecule has 2 bridgehead atoms. The topological polar surface area (TPSA) is 90.2 Å². The van der Waals surface area contributed by atoms with Crippen LogP contribution in [0.3, 0.4) is 0 Å². The number of aliphatic carboxylic acids is 1. The lowest BCUT2D eigenvalue weighted by Crippen LogP contribution is -2.47. The van der Waals surface area contributed by atoms with E-state index in [1.807, 2.05) is 12.2 Å². The summed E-state index contributed by atoms with van der Waals surface area (Å²) in [6.07, 6.45) is 10.9. The molecule has 5 rings (SSSR count). The van der Waals surface area contributed by atoms with E-state index in [2.05, 4.69) is 11.4 Å². The molecule has 26 heavy (non-hydrogen) atoms. The predicted molar refractivity (Wildman–Crippen MR) is 98.9 cm³/mol. The lowest BCUT2D eigenvalue weighted by Gasteiger charge is -2.41. The minimum Gasteiger partial charge on any atom is -0.481 e. The Bertz CT molecular complexity index is 820. The van der Waals surface area contributed by atoms with E-state index >= 15 is 0 Å². The van der Waals surface area contributed by atoms with Crippen molar-refractivity contribution in [3.8, 4) is 6.07 Å². The first-order valence-electron chi connectivity index (χ1n) is 9.36. The van der Waals surface area contributed by atoms with Crippen LogP contribution < -0.4 is 5.32 Å². The molecule has 5 nitrogen and oxygen atoms in total. The standard InChI is InChI=1S/C20H22N2O3S/c21-10-14-13-4-2-1-3-5-15(13)26-19(14)22-18(23)16-11-6-8-12(9-7-11)17(16)20(24)25/h6,8,11-12,16-17H,1-5,7,9H2,(H,22,23)(H,24,25)/t11-,12-,16-,17-/m0/s1. The minimum absolute atomic E-state index is 0.0237. The molecule has 0 unspecified atom stereocenters. The van der Waals surface area contributed by atoms with Gasteiger partial charge in [-0.15, -0.1) is 11.3 Å². The predicted octanol–water partition coefficient (Wildman–Crippen LogP) is 3.74. The highest BCUT2D eigenvalue weighted by Crippen LogP contribution is 2.46. The van der Waals surface area contributed by atoms with Crippen LogP contribution >= 0.6 is 11.3 Å². The molecule has 4 aliphatic carbocycles. The van der Waals surface area contributed by atoms with E-state index in [1.165, 1.54) is 22.6 Å². The summed E-state index contributed by atoms with van der Waals surface area (Å²) in [6, 6.07) is 2.27. The van der Waals surface area contributed by atoms with Crippen LogP contribution in [0.2, 0.25) is 0 Å². The lowest BCUT2D eigenvalue weighted by molar-refractivity contribution is -0.151. The number of fused-ring (bicyclic) bond motifs is 3. The first-order valence-corrected chi connectivity index (χ1v) is 10.2. The summed E-state index contributed by atoms with van der Waals surface area (Å²) in [5.74, 6) is -2.45. The van der Waals surface area contributed by atoms with Crippen molar-refractivity contribution in [3.63, 3.8) is 0 Å². The molecule has 4 atom stereocenters. The zero-order valence-corrected chi connectivity index (χ0v) is 15.3. The van der Waals surface area contributed by atoms with Gasteiger partial charge in [-0.25, -0.2) is 0 Å². The van der Waals surface area contributed by atoms with E-state index in [0.717, 1.165) is 44.1 Å². The van der Waals surface area contributed by atoms with Gasteiger partial charge in [-0.3, -0.25) is 9.59 Å². The number of carboxylic acid groups (broad SMARTS) is 1. The zero-order valence-electron chi connectivity index (χ0n) is 14.5. The normalized spacial score (nSPS) is 29.5. The Morgan fingerprint density at radius 2 is 1.81 bits per heavy atom. The van der Waals surface area contributed by atoms with Crippen LogP contribution in [-0.4, -0.2) is 17.0 Å². The molecule has 1 aromatic rings. The average molecular weight is 370 g/mol. The van der Waals surface area contributed by atoms with E-state index in [0.29, 0.717) is 10.6 Å². The molecule has 6 heteroatoms. The smallest absolute Gasteiger partial charge is 0.307 e. The number of amides is 1. The highest BCUT2D eigenvalue weighted by atomic mass is 32.1. The largest absolute Gasteiger partial charge is 0.481 e. The van der Waals surface area contributed by atoms with Gasteiger partial charge in [-0.2, -0.15) is 5.26 Å². The maximum absolute atomic E-state index is 13.0. The molecule has 1 saturated carbocycles. The van der Waals surface area contributed by atoms with Crippen LogP contribution in [0, 0.1) is 35.0 Å². The molecule has 136 valence electrons. The van der Waals surface area contributed by atoms with Gasteiger partial charge in [0.25, 0.3) is 0 Å². The summed E-state index contributed by atoms with van der Waals surface area (Å²) in [4.78, 5) is 26.0. The maximum atomic E-state index is 13.0. The maximum Gasteiger partial charge on any atom is 0.307 e. The Hall–Kier alpha value is -2.13. The van der Waals surface area contributed by atoms with E-state index in [4.69, 9.17) is 0 Å². The number of nitriles is 1. The van der Waals surface area contributed by atoms with Gasteiger partial charge in [0, 0.05) is 4.88 Å².